The van der Waals surface area contributed by atoms with Crippen LogP contribution in [0.15, 0.2) is 59.4 Å². The van der Waals surface area contributed by atoms with Crippen LogP contribution in [0.1, 0.15) is 12.2 Å². The number of para-hydroxylation sites is 2. The number of nitrogens with zero attached hydrogens (tertiary/aromatic N) is 2. The van der Waals surface area contributed by atoms with E-state index >= 15 is 0 Å². The number of benzene rings is 2. The van der Waals surface area contributed by atoms with Gasteiger partial charge in [0, 0.05) is 37.8 Å². The molecular formula is C20H22N4O. The average molecular weight is 334 g/mol. The van der Waals surface area contributed by atoms with Crippen LogP contribution in [-0.4, -0.2) is 40.5 Å². The third-order valence-corrected chi connectivity index (χ3v) is 4.74. The number of rotatable bonds is 5. The molecule has 0 amide bonds. The minimum absolute atomic E-state index is 0.0503. The second kappa shape index (κ2) is 7.07. The molecule has 0 radical (unpaired) electrons. The van der Waals surface area contributed by atoms with Gasteiger partial charge in [-0.3, -0.25) is 4.79 Å². The van der Waals surface area contributed by atoms with E-state index < -0.39 is 0 Å². The second-order valence-electron chi connectivity index (χ2n) is 6.58. The molecule has 1 aromatic heterocycles. The van der Waals surface area contributed by atoms with E-state index in [1.54, 1.807) is 0 Å². The van der Waals surface area contributed by atoms with E-state index in [-0.39, 0.29) is 5.56 Å². The predicted molar refractivity (Wildman–Crippen MR) is 101 cm³/mol. The first-order chi connectivity index (χ1) is 12.3. The SMILES string of the molecule is O=c1[nH]c(CCN2CC[C@@H](Nc3ccccc3)C2)nc2ccccc12. The van der Waals surface area contributed by atoms with Crippen LogP contribution in [0, 0.1) is 0 Å². The van der Waals surface area contributed by atoms with Crippen molar-refractivity contribution in [3.8, 4) is 0 Å². The normalized spacial score (nSPS) is 17.8. The van der Waals surface area contributed by atoms with Crippen molar-refractivity contribution in [2.45, 2.75) is 18.9 Å². The minimum Gasteiger partial charge on any atom is -0.381 e. The smallest absolute Gasteiger partial charge is 0.258 e. The lowest BCUT2D eigenvalue weighted by Crippen LogP contribution is -2.28. The Bertz CT molecular complexity index is 906. The summed E-state index contributed by atoms with van der Waals surface area (Å²) in [4.78, 5) is 22.1. The highest BCUT2D eigenvalue weighted by molar-refractivity contribution is 5.77. The van der Waals surface area contributed by atoms with Crippen molar-refractivity contribution in [2.24, 2.45) is 0 Å². The van der Waals surface area contributed by atoms with Crippen LogP contribution in [0.3, 0.4) is 0 Å². The number of aromatic amines is 1. The molecule has 1 atom stereocenters. The van der Waals surface area contributed by atoms with Gasteiger partial charge in [-0.1, -0.05) is 30.3 Å². The number of nitrogens with one attached hydrogen (secondary N) is 2. The molecule has 1 fully saturated rings. The van der Waals surface area contributed by atoms with Crippen molar-refractivity contribution in [2.75, 3.05) is 25.0 Å². The molecule has 0 aliphatic carbocycles. The van der Waals surface area contributed by atoms with Crippen LogP contribution in [0.25, 0.3) is 10.9 Å². The van der Waals surface area contributed by atoms with Crippen molar-refractivity contribution in [1.82, 2.24) is 14.9 Å². The molecule has 4 rings (SSSR count). The van der Waals surface area contributed by atoms with Crippen molar-refractivity contribution >= 4 is 16.6 Å². The predicted octanol–water partition coefficient (Wildman–Crippen LogP) is 2.65. The summed E-state index contributed by atoms with van der Waals surface area (Å²) in [6.07, 6.45) is 1.90. The van der Waals surface area contributed by atoms with Gasteiger partial charge in [-0.2, -0.15) is 0 Å². The van der Waals surface area contributed by atoms with Gasteiger partial charge in [0.05, 0.1) is 10.9 Å². The molecule has 128 valence electrons. The third kappa shape index (κ3) is 3.72. The standard InChI is InChI=1S/C20H22N4O/c25-20-17-8-4-5-9-18(17)22-19(23-20)11-13-24-12-10-16(14-24)21-15-6-2-1-3-7-15/h1-9,16,21H,10-14H2,(H,22,23,25)/t16-/m1/s1. The summed E-state index contributed by atoms with van der Waals surface area (Å²) in [7, 11) is 0. The molecule has 0 bridgehead atoms. The first-order valence-electron chi connectivity index (χ1n) is 8.80. The second-order valence-corrected chi connectivity index (χ2v) is 6.58. The van der Waals surface area contributed by atoms with Gasteiger partial charge in [0.25, 0.3) is 5.56 Å². The highest BCUT2D eigenvalue weighted by Crippen LogP contribution is 2.16. The molecule has 5 nitrogen and oxygen atoms in total. The van der Waals surface area contributed by atoms with E-state index in [0.29, 0.717) is 11.4 Å². The largest absolute Gasteiger partial charge is 0.381 e. The highest BCUT2D eigenvalue weighted by Gasteiger charge is 2.22. The Morgan fingerprint density at radius 3 is 2.80 bits per heavy atom. The number of aromatic nitrogens is 2. The zero-order chi connectivity index (χ0) is 17.1. The molecule has 25 heavy (non-hydrogen) atoms. The molecule has 2 aromatic carbocycles. The van der Waals surface area contributed by atoms with Gasteiger partial charge < -0.3 is 15.2 Å². The van der Waals surface area contributed by atoms with Crippen LogP contribution < -0.4 is 10.9 Å². The Morgan fingerprint density at radius 1 is 1.12 bits per heavy atom. The molecule has 3 aromatic rings. The molecule has 2 heterocycles. The zero-order valence-electron chi connectivity index (χ0n) is 14.1. The number of likely N-dealkylation sites (tertiary alicyclic amines) is 1. The van der Waals surface area contributed by atoms with Crippen LogP contribution in [0.4, 0.5) is 5.69 Å². The number of fused-ring (bicyclic) bond motifs is 1. The Labute approximate surface area is 146 Å². The van der Waals surface area contributed by atoms with Gasteiger partial charge in [0.2, 0.25) is 0 Å². The summed E-state index contributed by atoms with van der Waals surface area (Å²) < 4.78 is 0. The first kappa shape index (κ1) is 15.8. The summed E-state index contributed by atoms with van der Waals surface area (Å²) >= 11 is 0. The Balaban J connectivity index is 1.35. The Morgan fingerprint density at radius 2 is 1.92 bits per heavy atom. The molecule has 0 saturated carbocycles. The summed E-state index contributed by atoms with van der Waals surface area (Å²) in [5.74, 6) is 0.767. The monoisotopic (exact) mass is 334 g/mol. The Kier molecular flexibility index (Phi) is 4.48. The third-order valence-electron chi connectivity index (χ3n) is 4.74. The fraction of sp³-hybridized carbons (Fsp3) is 0.300. The van der Waals surface area contributed by atoms with Gasteiger partial charge in [-0.15, -0.1) is 0 Å². The number of anilines is 1. The highest BCUT2D eigenvalue weighted by atomic mass is 16.1. The van der Waals surface area contributed by atoms with E-state index in [1.165, 1.54) is 5.69 Å². The molecule has 2 N–H and O–H groups in total. The summed E-state index contributed by atoms with van der Waals surface area (Å²) in [6.45, 7) is 3.00. The fourth-order valence-corrected chi connectivity index (χ4v) is 3.44. The van der Waals surface area contributed by atoms with E-state index in [4.69, 9.17) is 0 Å². The van der Waals surface area contributed by atoms with Crippen LogP contribution >= 0.6 is 0 Å². The van der Waals surface area contributed by atoms with Crippen LogP contribution in [0.2, 0.25) is 0 Å². The topological polar surface area (TPSA) is 61.0 Å². The lowest BCUT2D eigenvalue weighted by Gasteiger charge is -2.17. The molecule has 5 heteroatoms. The number of hydrogen-bond donors (Lipinski definition) is 2. The summed E-state index contributed by atoms with van der Waals surface area (Å²) in [6, 6.07) is 18.3. The molecule has 1 saturated heterocycles. The number of hydrogen-bond acceptors (Lipinski definition) is 4. The van der Waals surface area contributed by atoms with Gasteiger partial charge in [-0.25, -0.2) is 4.98 Å². The molecule has 1 aliphatic heterocycles. The molecular weight excluding hydrogens is 312 g/mol. The lowest BCUT2D eigenvalue weighted by molar-refractivity contribution is 0.338. The van der Waals surface area contributed by atoms with E-state index in [0.717, 1.165) is 43.8 Å². The van der Waals surface area contributed by atoms with Crippen molar-refractivity contribution < 1.29 is 0 Å². The van der Waals surface area contributed by atoms with Crippen molar-refractivity contribution in [3.05, 3.63) is 70.8 Å². The van der Waals surface area contributed by atoms with E-state index in [9.17, 15) is 4.79 Å². The van der Waals surface area contributed by atoms with Gasteiger partial charge in [0.1, 0.15) is 5.82 Å². The van der Waals surface area contributed by atoms with E-state index in [1.807, 2.05) is 30.3 Å². The maximum atomic E-state index is 12.1. The van der Waals surface area contributed by atoms with Gasteiger partial charge in [0.15, 0.2) is 0 Å². The maximum absolute atomic E-state index is 12.1. The zero-order valence-corrected chi connectivity index (χ0v) is 14.1. The molecule has 0 spiro atoms. The lowest BCUT2D eigenvalue weighted by atomic mass is 10.2. The quantitative estimate of drug-likeness (QED) is 0.753. The fourth-order valence-electron chi connectivity index (χ4n) is 3.44. The van der Waals surface area contributed by atoms with E-state index in [2.05, 4.69) is 44.5 Å². The van der Waals surface area contributed by atoms with Gasteiger partial charge >= 0.3 is 0 Å². The average Bonchev–Trinajstić information content (AvgIpc) is 3.08. The van der Waals surface area contributed by atoms with Crippen molar-refractivity contribution in [3.63, 3.8) is 0 Å². The summed E-state index contributed by atoms with van der Waals surface area (Å²) in [5.41, 5.74) is 1.90. The first-order valence-corrected chi connectivity index (χ1v) is 8.80. The maximum Gasteiger partial charge on any atom is 0.258 e. The Hall–Kier alpha value is -2.66. The minimum atomic E-state index is -0.0503. The molecule has 0 unspecified atom stereocenters. The summed E-state index contributed by atoms with van der Waals surface area (Å²) in [5, 5.41) is 4.24. The van der Waals surface area contributed by atoms with Crippen LogP contribution in [-0.2, 0) is 6.42 Å². The number of H-pyrrole nitrogens is 1. The molecule has 1 aliphatic rings. The van der Waals surface area contributed by atoms with Crippen molar-refractivity contribution in [1.29, 1.82) is 0 Å². The van der Waals surface area contributed by atoms with Crippen LogP contribution in [0.5, 0.6) is 0 Å². The van der Waals surface area contributed by atoms with Gasteiger partial charge in [-0.05, 0) is 30.7 Å².